The summed E-state index contributed by atoms with van der Waals surface area (Å²) in [7, 11) is 0. The Hall–Kier alpha value is -1.35. The molecule has 1 aromatic rings. The first-order valence-corrected chi connectivity index (χ1v) is 8.31. The highest BCUT2D eigenvalue weighted by atomic mass is 16.2. The Labute approximate surface area is 126 Å². The second kappa shape index (κ2) is 5.13. The molecule has 2 N–H and O–H groups in total. The normalized spacial score (nSPS) is 38.1. The van der Waals surface area contributed by atoms with Crippen LogP contribution < -0.4 is 5.73 Å². The van der Waals surface area contributed by atoms with E-state index in [0.717, 1.165) is 32.4 Å². The first-order chi connectivity index (χ1) is 10.2. The summed E-state index contributed by atoms with van der Waals surface area (Å²) in [6.45, 7) is 1.93. The molecule has 3 nitrogen and oxygen atoms in total. The summed E-state index contributed by atoms with van der Waals surface area (Å²) in [5, 5.41) is 0. The molecular formula is C18H24N2O. The van der Waals surface area contributed by atoms with Gasteiger partial charge in [0.2, 0.25) is 5.91 Å². The summed E-state index contributed by atoms with van der Waals surface area (Å²) in [5.41, 5.74) is 7.41. The van der Waals surface area contributed by atoms with Crippen molar-refractivity contribution >= 4 is 5.91 Å². The molecule has 2 aliphatic carbocycles. The van der Waals surface area contributed by atoms with Crippen molar-refractivity contribution in [2.45, 2.75) is 37.6 Å². The number of carbonyl (C=O) groups is 1. The molecular weight excluding hydrogens is 260 g/mol. The van der Waals surface area contributed by atoms with E-state index in [-0.39, 0.29) is 5.92 Å². The third kappa shape index (κ3) is 2.48. The van der Waals surface area contributed by atoms with Crippen LogP contribution in [0.5, 0.6) is 0 Å². The highest BCUT2D eigenvalue weighted by Gasteiger charge is 2.48. The zero-order chi connectivity index (χ0) is 14.4. The van der Waals surface area contributed by atoms with E-state index in [9.17, 15) is 4.79 Å². The number of carbonyl (C=O) groups excluding carboxylic acids is 1. The molecule has 1 aromatic carbocycles. The molecule has 1 amide bonds. The summed E-state index contributed by atoms with van der Waals surface area (Å²) in [6.07, 6.45) is 4.50. The minimum atomic E-state index is 0.237. The van der Waals surface area contributed by atoms with E-state index in [4.69, 9.17) is 5.73 Å². The Morgan fingerprint density at radius 1 is 1.05 bits per heavy atom. The molecule has 3 fully saturated rings. The Bertz CT molecular complexity index is 529. The van der Waals surface area contributed by atoms with E-state index in [1.54, 1.807) is 0 Å². The van der Waals surface area contributed by atoms with Gasteiger partial charge >= 0.3 is 0 Å². The number of fused-ring (bicyclic) bond motifs is 1. The molecule has 21 heavy (non-hydrogen) atoms. The number of likely N-dealkylation sites (tertiary alicyclic amines) is 1. The van der Waals surface area contributed by atoms with Crippen molar-refractivity contribution in [2.24, 2.45) is 23.5 Å². The van der Waals surface area contributed by atoms with E-state index < -0.39 is 0 Å². The number of hydrogen-bond donors (Lipinski definition) is 1. The van der Waals surface area contributed by atoms with Crippen molar-refractivity contribution in [3.63, 3.8) is 0 Å². The predicted octanol–water partition coefficient (Wildman–Crippen LogP) is 2.38. The maximum Gasteiger partial charge on any atom is 0.226 e. The van der Waals surface area contributed by atoms with Gasteiger partial charge in [-0.2, -0.15) is 0 Å². The van der Waals surface area contributed by atoms with Crippen molar-refractivity contribution in [3.05, 3.63) is 35.9 Å². The Morgan fingerprint density at radius 2 is 1.81 bits per heavy atom. The molecule has 1 heterocycles. The fraction of sp³-hybridized carbons (Fsp3) is 0.611. The summed E-state index contributed by atoms with van der Waals surface area (Å²) in [4.78, 5) is 14.9. The van der Waals surface area contributed by atoms with Crippen molar-refractivity contribution in [1.82, 2.24) is 4.90 Å². The fourth-order valence-corrected chi connectivity index (χ4v) is 4.42. The monoisotopic (exact) mass is 284 g/mol. The predicted molar refractivity (Wildman–Crippen MR) is 82.7 cm³/mol. The van der Waals surface area contributed by atoms with Crippen LogP contribution in [0.1, 0.15) is 37.2 Å². The van der Waals surface area contributed by atoms with Gasteiger partial charge in [0.05, 0.1) is 0 Å². The van der Waals surface area contributed by atoms with E-state index >= 15 is 0 Å². The standard InChI is InChI=1S/C18H24N2O/c19-15-7-6-13-10-20(11-14(13)8-15)18(21)17-9-16(17)12-4-2-1-3-5-12/h1-5,13-17H,6-11,19H2/t13-,14+,15?,16?,17?/m1/s1. The fourth-order valence-electron chi connectivity index (χ4n) is 4.42. The van der Waals surface area contributed by atoms with E-state index in [2.05, 4.69) is 29.2 Å². The van der Waals surface area contributed by atoms with Crippen LogP contribution in [-0.4, -0.2) is 29.9 Å². The van der Waals surface area contributed by atoms with Crippen LogP contribution in [0.4, 0.5) is 0 Å². The van der Waals surface area contributed by atoms with E-state index in [1.807, 2.05) is 6.07 Å². The highest BCUT2D eigenvalue weighted by molar-refractivity contribution is 5.83. The molecule has 0 bridgehead atoms. The van der Waals surface area contributed by atoms with E-state index in [1.165, 1.54) is 12.0 Å². The number of nitrogens with zero attached hydrogens (tertiary/aromatic N) is 1. The van der Waals surface area contributed by atoms with Crippen LogP contribution in [0, 0.1) is 17.8 Å². The van der Waals surface area contributed by atoms with Gasteiger partial charge in [0.15, 0.2) is 0 Å². The number of benzene rings is 1. The molecule has 0 spiro atoms. The lowest BCUT2D eigenvalue weighted by molar-refractivity contribution is -0.131. The highest BCUT2D eigenvalue weighted by Crippen LogP contribution is 2.49. The Morgan fingerprint density at radius 3 is 2.62 bits per heavy atom. The molecule has 5 atom stereocenters. The largest absolute Gasteiger partial charge is 0.342 e. The maximum absolute atomic E-state index is 12.7. The summed E-state index contributed by atoms with van der Waals surface area (Å²) in [6, 6.07) is 10.8. The first-order valence-electron chi connectivity index (χ1n) is 8.31. The van der Waals surface area contributed by atoms with Crippen molar-refractivity contribution in [3.8, 4) is 0 Å². The van der Waals surface area contributed by atoms with E-state index in [0.29, 0.717) is 29.7 Å². The molecule has 4 rings (SSSR count). The summed E-state index contributed by atoms with van der Waals surface area (Å²) >= 11 is 0. The second-order valence-electron chi connectivity index (χ2n) is 7.20. The smallest absolute Gasteiger partial charge is 0.226 e. The molecule has 3 heteroatoms. The minimum Gasteiger partial charge on any atom is -0.342 e. The van der Waals surface area contributed by atoms with Crippen LogP contribution in [-0.2, 0) is 4.79 Å². The number of nitrogens with two attached hydrogens (primary N) is 1. The van der Waals surface area contributed by atoms with Gasteiger partial charge in [0.1, 0.15) is 0 Å². The average molecular weight is 284 g/mol. The lowest BCUT2D eigenvalue weighted by atomic mass is 9.79. The molecule has 1 saturated heterocycles. The Balaban J connectivity index is 1.39. The second-order valence-corrected chi connectivity index (χ2v) is 7.20. The number of rotatable bonds is 2. The van der Waals surface area contributed by atoms with Crippen molar-refractivity contribution in [2.75, 3.05) is 13.1 Å². The molecule has 3 aliphatic rings. The number of amides is 1. The van der Waals surface area contributed by atoms with Gasteiger partial charge in [-0.3, -0.25) is 4.79 Å². The maximum atomic E-state index is 12.7. The van der Waals surface area contributed by atoms with Gasteiger partial charge in [0, 0.05) is 25.0 Å². The molecule has 1 aliphatic heterocycles. The minimum absolute atomic E-state index is 0.237. The van der Waals surface area contributed by atoms with Gasteiger partial charge in [-0.25, -0.2) is 0 Å². The molecule has 2 saturated carbocycles. The van der Waals surface area contributed by atoms with Crippen LogP contribution in [0.2, 0.25) is 0 Å². The van der Waals surface area contributed by atoms with Crippen molar-refractivity contribution in [1.29, 1.82) is 0 Å². The van der Waals surface area contributed by atoms with Gasteiger partial charge in [0.25, 0.3) is 0 Å². The van der Waals surface area contributed by atoms with Crippen LogP contribution >= 0.6 is 0 Å². The van der Waals surface area contributed by atoms with Crippen molar-refractivity contribution < 1.29 is 4.79 Å². The topological polar surface area (TPSA) is 46.3 Å². The summed E-state index contributed by atoms with van der Waals surface area (Å²) in [5.74, 6) is 2.46. The van der Waals surface area contributed by atoms with Gasteiger partial charge in [-0.15, -0.1) is 0 Å². The van der Waals surface area contributed by atoms with Crippen LogP contribution in [0.25, 0.3) is 0 Å². The Kier molecular flexibility index (Phi) is 3.26. The zero-order valence-electron chi connectivity index (χ0n) is 12.4. The average Bonchev–Trinajstić information content (AvgIpc) is 3.20. The van der Waals surface area contributed by atoms with Gasteiger partial charge in [-0.05, 0) is 49.0 Å². The lowest BCUT2D eigenvalue weighted by Crippen LogP contribution is -2.32. The third-order valence-electron chi connectivity index (χ3n) is 5.74. The van der Waals surface area contributed by atoms with Gasteiger partial charge in [-0.1, -0.05) is 30.3 Å². The molecule has 0 radical (unpaired) electrons. The molecule has 0 aromatic heterocycles. The molecule has 3 unspecified atom stereocenters. The first kappa shape index (κ1) is 13.3. The summed E-state index contributed by atoms with van der Waals surface area (Å²) < 4.78 is 0. The SMILES string of the molecule is NC1CC[C@@H]2CN(C(=O)C3CC3c3ccccc3)C[C@@H]2C1. The van der Waals surface area contributed by atoms with Crippen LogP contribution in [0.15, 0.2) is 30.3 Å². The lowest BCUT2D eigenvalue weighted by Gasteiger charge is -2.27. The van der Waals surface area contributed by atoms with Crippen LogP contribution in [0.3, 0.4) is 0 Å². The quantitative estimate of drug-likeness (QED) is 0.906. The molecule has 112 valence electrons. The zero-order valence-corrected chi connectivity index (χ0v) is 12.4. The third-order valence-corrected chi connectivity index (χ3v) is 5.74. The number of hydrogen-bond acceptors (Lipinski definition) is 2. The van der Waals surface area contributed by atoms with Gasteiger partial charge < -0.3 is 10.6 Å².